The van der Waals surface area contributed by atoms with Gasteiger partial charge in [0.05, 0.1) is 0 Å². The molecule has 0 aliphatic heterocycles. The average molecular weight is 268 g/mol. The Morgan fingerprint density at radius 1 is 0.833 bits per heavy atom. The minimum atomic E-state index is -0.238. The van der Waals surface area contributed by atoms with Gasteiger partial charge < -0.3 is 0 Å². The van der Waals surface area contributed by atoms with Crippen LogP contribution >= 0.6 is 12.6 Å². The van der Waals surface area contributed by atoms with Crippen LogP contribution in [0.3, 0.4) is 0 Å². The number of aryl methyl sites for hydroxylation is 1. The zero-order chi connectivity index (χ0) is 14.0. The Bertz CT molecular complexity index is 400. The second-order valence-corrected chi connectivity index (χ2v) is 3.79. The van der Waals surface area contributed by atoms with E-state index < -0.39 is 0 Å². The molecule has 2 aromatic carbocycles. The van der Waals surface area contributed by atoms with E-state index in [0.29, 0.717) is 4.90 Å². The quantitative estimate of drug-likeness (QED) is 0.618. The topological polar surface area (TPSA) is 0 Å². The van der Waals surface area contributed by atoms with Gasteiger partial charge in [-0.15, -0.1) is 12.6 Å². The molecule has 0 nitrogen and oxygen atoms in total. The highest BCUT2D eigenvalue weighted by molar-refractivity contribution is 7.80. The van der Waals surface area contributed by atoms with Crippen molar-refractivity contribution in [2.24, 2.45) is 0 Å². The smallest absolute Gasteiger partial charge is 0.124 e. The molecule has 0 radical (unpaired) electrons. The Labute approximate surface area is 113 Å². The molecule has 0 unspecified atom stereocenters. The number of rotatable bonds is 0. The highest BCUT2D eigenvalue weighted by Crippen LogP contribution is 2.05. The Kier molecular flexibility index (Phi) is 8.93. The van der Waals surface area contributed by atoms with E-state index in [1.165, 1.54) is 24.3 Å². The number of hydrogen-bond donors (Lipinski definition) is 1. The first-order chi connectivity index (χ1) is 8.58. The van der Waals surface area contributed by atoms with Gasteiger partial charge in [0.25, 0.3) is 0 Å². The SMILES string of the molecule is CC.Cc1ccc(F)cc1.Fc1cccc(S)c1. The van der Waals surface area contributed by atoms with Crippen molar-refractivity contribution >= 4 is 12.6 Å². The van der Waals surface area contributed by atoms with E-state index in [1.54, 1.807) is 24.3 Å². The molecule has 0 aliphatic carbocycles. The Morgan fingerprint density at radius 2 is 1.39 bits per heavy atom. The molecule has 0 fully saturated rings. The van der Waals surface area contributed by atoms with E-state index in [2.05, 4.69) is 12.6 Å². The lowest BCUT2D eigenvalue weighted by atomic mass is 10.2. The molecular formula is C15H18F2S. The van der Waals surface area contributed by atoms with Crippen LogP contribution in [-0.4, -0.2) is 0 Å². The summed E-state index contributed by atoms with van der Waals surface area (Å²) in [4.78, 5) is 0.657. The second-order valence-electron chi connectivity index (χ2n) is 3.28. The third-order valence-corrected chi connectivity index (χ3v) is 2.10. The maximum absolute atomic E-state index is 12.1. The minimum Gasteiger partial charge on any atom is -0.207 e. The Hall–Kier alpha value is -1.35. The Morgan fingerprint density at radius 3 is 1.72 bits per heavy atom. The fraction of sp³-hybridized carbons (Fsp3) is 0.200. The summed E-state index contributed by atoms with van der Waals surface area (Å²) in [6.07, 6.45) is 0. The molecule has 0 amide bonds. The van der Waals surface area contributed by atoms with Crippen LogP contribution in [0.1, 0.15) is 19.4 Å². The van der Waals surface area contributed by atoms with Crippen molar-refractivity contribution < 1.29 is 8.78 Å². The van der Waals surface area contributed by atoms with Crippen LogP contribution in [0.15, 0.2) is 53.4 Å². The van der Waals surface area contributed by atoms with Crippen molar-refractivity contribution in [3.63, 3.8) is 0 Å². The first-order valence-corrected chi connectivity index (χ1v) is 6.19. The zero-order valence-electron chi connectivity index (χ0n) is 10.8. The van der Waals surface area contributed by atoms with Gasteiger partial charge in [-0.1, -0.05) is 37.6 Å². The summed E-state index contributed by atoms with van der Waals surface area (Å²) in [5, 5.41) is 0. The second kappa shape index (κ2) is 9.66. The molecule has 18 heavy (non-hydrogen) atoms. The van der Waals surface area contributed by atoms with Crippen molar-refractivity contribution in [3.05, 3.63) is 65.7 Å². The van der Waals surface area contributed by atoms with Crippen molar-refractivity contribution in [2.45, 2.75) is 25.7 Å². The predicted molar refractivity (Wildman–Crippen MR) is 76.1 cm³/mol. The predicted octanol–water partition coefficient (Wildman–Crippen LogP) is 5.27. The van der Waals surface area contributed by atoms with Gasteiger partial charge in [-0.2, -0.15) is 0 Å². The summed E-state index contributed by atoms with van der Waals surface area (Å²) in [5.41, 5.74) is 1.09. The third-order valence-electron chi connectivity index (χ3n) is 1.82. The maximum Gasteiger partial charge on any atom is 0.124 e. The summed E-state index contributed by atoms with van der Waals surface area (Å²) in [6, 6.07) is 12.5. The minimum absolute atomic E-state index is 0.171. The molecule has 0 aromatic heterocycles. The van der Waals surface area contributed by atoms with Gasteiger partial charge in [-0.25, -0.2) is 8.78 Å². The van der Waals surface area contributed by atoms with Crippen LogP contribution < -0.4 is 0 Å². The van der Waals surface area contributed by atoms with Crippen LogP contribution in [0.25, 0.3) is 0 Å². The van der Waals surface area contributed by atoms with Gasteiger partial charge >= 0.3 is 0 Å². The molecule has 0 saturated heterocycles. The number of benzene rings is 2. The van der Waals surface area contributed by atoms with Gasteiger partial charge in [-0.3, -0.25) is 0 Å². The van der Waals surface area contributed by atoms with E-state index >= 15 is 0 Å². The van der Waals surface area contributed by atoms with Crippen molar-refractivity contribution in [3.8, 4) is 0 Å². The van der Waals surface area contributed by atoms with E-state index in [0.717, 1.165) is 5.56 Å². The number of halogens is 2. The van der Waals surface area contributed by atoms with Crippen LogP contribution in [0.4, 0.5) is 8.78 Å². The van der Waals surface area contributed by atoms with Crippen LogP contribution in [0.5, 0.6) is 0 Å². The molecule has 98 valence electrons. The van der Waals surface area contributed by atoms with Gasteiger partial charge in [0.2, 0.25) is 0 Å². The zero-order valence-corrected chi connectivity index (χ0v) is 11.7. The van der Waals surface area contributed by atoms with E-state index in [-0.39, 0.29) is 11.6 Å². The summed E-state index contributed by atoms with van der Waals surface area (Å²) < 4.78 is 24.2. The molecule has 0 aliphatic rings. The lowest BCUT2D eigenvalue weighted by molar-refractivity contribution is 0.624. The normalized spacial score (nSPS) is 8.56. The maximum atomic E-state index is 12.1. The molecule has 0 atom stereocenters. The lowest BCUT2D eigenvalue weighted by Gasteiger charge is -1.87. The van der Waals surface area contributed by atoms with Crippen LogP contribution in [0.2, 0.25) is 0 Å². The fourth-order valence-corrected chi connectivity index (χ4v) is 1.22. The number of hydrogen-bond acceptors (Lipinski definition) is 1. The molecule has 0 N–H and O–H groups in total. The highest BCUT2D eigenvalue weighted by atomic mass is 32.1. The molecule has 0 saturated carbocycles. The van der Waals surface area contributed by atoms with E-state index in [9.17, 15) is 8.78 Å². The van der Waals surface area contributed by atoms with Crippen molar-refractivity contribution in [1.82, 2.24) is 0 Å². The third kappa shape index (κ3) is 7.85. The standard InChI is InChI=1S/C7H7F.C6H5FS.C2H6/c1-6-2-4-7(8)5-3-6;7-5-2-1-3-6(8)4-5;1-2/h2-5H,1H3;1-4,8H;1-2H3. The van der Waals surface area contributed by atoms with Crippen LogP contribution in [-0.2, 0) is 0 Å². The molecule has 0 heterocycles. The first kappa shape index (κ1) is 16.6. The molecular weight excluding hydrogens is 250 g/mol. The Balaban J connectivity index is 0.000000283. The van der Waals surface area contributed by atoms with E-state index in [4.69, 9.17) is 0 Å². The lowest BCUT2D eigenvalue weighted by Crippen LogP contribution is -1.71. The molecule has 2 rings (SSSR count). The summed E-state index contributed by atoms with van der Waals surface area (Å²) in [6.45, 7) is 5.93. The average Bonchev–Trinajstić information content (AvgIpc) is 2.36. The summed E-state index contributed by atoms with van der Waals surface area (Å²) >= 11 is 3.91. The summed E-state index contributed by atoms with van der Waals surface area (Å²) in [5.74, 6) is -0.409. The summed E-state index contributed by atoms with van der Waals surface area (Å²) in [7, 11) is 0. The highest BCUT2D eigenvalue weighted by Gasteiger charge is 1.85. The van der Waals surface area contributed by atoms with Crippen LogP contribution in [0, 0.1) is 18.6 Å². The molecule has 3 heteroatoms. The van der Waals surface area contributed by atoms with Crippen molar-refractivity contribution in [2.75, 3.05) is 0 Å². The first-order valence-electron chi connectivity index (χ1n) is 5.74. The molecule has 0 bridgehead atoms. The largest absolute Gasteiger partial charge is 0.207 e. The number of thiol groups is 1. The van der Waals surface area contributed by atoms with E-state index in [1.807, 2.05) is 20.8 Å². The molecule has 2 aromatic rings. The van der Waals surface area contributed by atoms with Gasteiger partial charge in [0.15, 0.2) is 0 Å². The molecule has 0 spiro atoms. The van der Waals surface area contributed by atoms with Crippen molar-refractivity contribution in [1.29, 1.82) is 0 Å². The van der Waals surface area contributed by atoms with Gasteiger partial charge in [0.1, 0.15) is 11.6 Å². The monoisotopic (exact) mass is 268 g/mol. The van der Waals surface area contributed by atoms with Gasteiger partial charge in [0, 0.05) is 4.90 Å². The fourth-order valence-electron chi connectivity index (χ4n) is 1.01. The van der Waals surface area contributed by atoms with Gasteiger partial charge in [-0.05, 0) is 37.3 Å².